The van der Waals surface area contributed by atoms with Gasteiger partial charge in [0.05, 0.1) is 19.8 Å². The zero-order chi connectivity index (χ0) is 20.4. The van der Waals surface area contributed by atoms with E-state index in [9.17, 15) is 4.79 Å². The SMILES string of the molecule is COc1ccc(C(=O)N2CCCC2c2nc(-c3ccc(C)cc3)no2)c(OC)c1. The maximum absolute atomic E-state index is 13.2. The summed E-state index contributed by atoms with van der Waals surface area (Å²) >= 11 is 0. The second kappa shape index (κ2) is 7.95. The number of nitrogens with zero attached hydrogens (tertiary/aromatic N) is 3. The molecule has 1 amide bonds. The highest BCUT2D eigenvalue weighted by Crippen LogP contribution is 2.35. The topological polar surface area (TPSA) is 77.7 Å². The van der Waals surface area contributed by atoms with E-state index in [0.717, 1.165) is 18.4 Å². The van der Waals surface area contributed by atoms with Crippen molar-refractivity contribution < 1.29 is 18.8 Å². The van der Waals surface area contributed by atoms with Crippen LogP contribution in [0.4, 0.5) is 0 Å². The van der Waals surface area contributed by atoms with Crippen LogP contribution in [0.1, 0.15) is 40.7 Å². The quantitative estimate of drug-likeness (QED) is 0.651. The Kier molecular flexibility index (Phi) is 5.20. The fourth-order valence-electron chi connectivity index (χ4n) is 3.59. The molecule has 1 fully saturated rings. The molecule has 29 heavy (non-hydrogen) atoms. The van der Waals surface area contributed by atoms with Crippen molar-refractivity contribution in [3.05, 3.63) is 59.5 Å². The average Bonchev–Trinajstić information content (AvgIpc) is 3.42. The Morgan fingerprint density at radius 2 is 1.93 bits per heavy atom. The van der Waals surface area contributed by atoms with E-state index in [4.69, 9.17) is 14.0 Å². The summed E-state index contributed by atoms with van der Waals surface area (Å²) in [5, 5.41) is 4.12. The number of benzene rings is 2. The summed E-state index contributed by atoms with van der Waals surface area (Å²) in [5.41, 5.74) is 2.54. The van der Waals surface area contributed by atoms with Crippen LogP contribution in [0, 0.1) is 6.92 Å². The van der Waals surface area contributed by atoms with E-state index in [1.54, 1.807) is 37.3 Å². The minimum absolute atomic E-state index is 0.123. The lowest BCUT2D eigenvalue weighted by Gasteiger charge is -2.23. The van der Waals surface area contributed by atoms with Gasteiger partial charge in [-0.3, -0.25) is 4.79 Å². The molecule has 1 aromatic heterocycles. The van der Waals surface area contributed by atoms with Crippen LogP contribution < -0.4 is 9.47 Å². The van der Waals surface area contributed by atoms with Gasteiger partial charge in [-0.1, -0.05) is 35.0 Å². The van der Waals surface area contributed by atoms with Crippen molar-refractivity contribution in [2.75, 3.05) is 20.8 Å². The minimum Gasteiger partial charge on any atom is -0.497 e. The number of aromatic nitrogens is 2. The van der Waals surface area contributed by atoms with Crippen molar-refractivity contribution in [3.8, 4) is 22.9 Å². The third kappa shape index (κ3) is 3.68. The van der Waals surface area contributed by atoms with E-state index in [2.05, 4.69) is 10.1 Å². The normalized spacial score (nSPS) is 16.1. The number of aryl methyl sites for hydroxylation is 1. The molecule has 7 nitrogen and oxygen atoms in total. The maximum atomic E-state index is 13.2. The Hall–Kier alpha value is -3.35. The van der Waals surface area contributed by atoms with Gasteiger partial charge in [-0.2, -0.15) is 4.98 Å². The van der Waals surface area contributed by atoms with Gasteiger partial charge in [0.15, 0.2) is 0 Å². The summed E-state index contributed by atoms with van der Waals surface area (Å²) in [5.74, 6) is 1.98. The number of hydrogen-bond acceptors (Lipinski definition) is 6. The fourth-order valence-corrected chi connectivity index (χ4v) is 3.59. The number of carbonyl (C=O) groups is 1. The van der Waals surface area contributed by atoms with E-state index in [1.807, 2.05) is 31.2 Å². The average molecular weight is 393 g/mol. The van der Waals surface area contributed by atoms with Crippen molar-refractivity contribution in [1.29, 1.82) is 0 Å². The number of ether oxygens (including phenoxy) is 2. The first-order chi connectivity index (χ1) is 14.1. The van der Waals surface area contributed by atoms with Crippen LogP contribution in [0.2, 0.25) is 0 Å². The molecule has 0 radical (unpaired) electrons. The largest absolute Gasteiger partial charge is 0.497 e. The van der Waals surface area contributed by atoms with Gasteiger partial charge in [-0.05, 0) is 31.9 Å². The number of rotatable bonds is 5. The molecule has 150 valence electrons. The van der Waals surface area contributed by atoms with Crippen molar-refractivity contribution >= 4 is 5.91 Å². The number of likely N-dealkylation sites (tertiary alicyclic amines) is 1. The molecular weight excluding hydrogens is 370 g/mol. The molecule has 2 aromatic carbocycles. The van der Waals surface area contributed by atoms with Gasteiger partial charge in [0, 0.05) is 18.2 Å². The molecule has 4 rings (SSSR count). The predicted molar refractivity (Wildman–Crippen MR) is 107 cm³/mol. The Labute approximate surface area is 169 Å². The highest BCUT2D eigenvalue weighted by Gasteiger charge is 2.35. The second-order valence-corrected chi connectivity index (χ2v) is 7.05. The van der Waals surface area contributed by atoms with E-state index >= 15 is 0 Å². The van der Waals surface area contributed by atoms with Crippen LogP contribution in [-0.4, -0.2) is 41.7 Å². The first-order valence-corrected chi connectivity index (χ1v) is 9.54. The summed E-state index contributed by atoms with van der Waals surface area (Å²) in [7, 11) is 3.12. The summed E-state index contributed by atoms with van der Waals surface area (Å²) in [6, 6.07) is 12.9. The number of carbonyl (C=O) groups excluding carboxylic acids is 1. The fraction of sp³-hybridized carbons (Fsp3) is 0.318. The van der Waals surface area contributed by atoms with Crippen LogP contribution in [0.5, 0.6) is 11.5 Å². The van der Waals surface area contributed by atoms with Gasteiger partial charge >= 0.3 is 0 Å². The molecule has 7 heteroatoms. The molecular formula is C22H23N3O4. The van der Waals surface area contributed by atoms with Gasteiger partial charge in [0.2, 0.25) is 11.7 Å². The third-order valence-electron chi connectivity index (χ3n) is 5.19. The van der Waals surface area contributed by atoms with Crippen LogP contribution in [0.25, 0.3) is 11.4 Å². The molecule has 1 aliphatic heterocycles. The molecule has 1 saturated heterocycles. The molecule has 1 atom stereocenters. The Morgan fingerprint density at radius 1 is 1.14 bits per heavy atom. The number of methoxy groups -OCH3 is 2. The van der Waals surface area contributed by atoms with Crippen molar-refractivity contribution in [1.82, 2.24) is 15.0 Å². The molecule has 1 unspecified atom stereocenters. The monoisotopic (exact) mass is 393 g/mol. The van der Waals surface area contributed by atoms with Gasteiger partial charge in [-0.25, -0.2) is 0 Å². The first-order valence-electron chi connectivity index (χ1n) is 9.54. The lowest BCUT2D eigenvalue weighted by atomic mass is 10.1. The second-order valence-electron chi connectivity index (χ2n) is 7.05. The molecule has 0 aliphatic carbocycles. The smallest absolute Gasteiger partial charge is 0.258 e. The summed E-state index contributed by atoms with van der Waals surface area (Å²) in [6.07, 6.45) is 1.65. The van der Waals surface area contributed by atoms with E-state index < -0.39 is 0 Å². The number of amides is 1. The van der Waals surface area contributed by atoms with Gasteiger partial charge in [0.25, 0.3) is 5.91 Å². The lowest BCUT2D eigenvalue weighted by molar-refractivity contribution is 0.0706. The summed E-state index contributed by atoms with van der Waals surface area (Å²) in [6.45, 7) is 2.65. The standard InChI is InChI=1S/C22H23N3O4/c1-14-6-8-15(9-7-14)20-23-21(29-24-20)18-5-4-12-25(18)22(26)17-11-10-16(27-2)13-19(17)28-3/h6-11,13,18H,4-5,12H2,1-3H3. The zero-order valence-electron chi connectivity index (χ0n) is 16.7. The third-order valence-corrected chi connectivity index (χ3v) is 5.19. The Balaban J connectivity index is 1.60. The molecule has 3 aromatic rings. The minimum atomic E-state index is -0.249. The van der Waals surface area contributed by atoms with Crippen LogP contribution in [-0.2, 0) is 0 Å². The molecule has 2 heterocycles. The highest BCUT2D eigenvalue weighted by molar-refractivity contribution is 5.97. The molecule has 1 aliphatic rings. The van der Waals surface area contributed by atoms with Crippen LogP contribution in [0.3, 0.4) is 0 Å². The predicted octanol–water partition coefficient (Wildman–Crippen LogP) is 4.04. The van der Waals surface area contributed by atoms with Crippen molar-refractivity contribution in [2.24, 2.45) is 0 Å². The van der Waals surface area contributed by atoms with Gasteiger partial charge in [-0.15, -0.1) is 0 Å². The summed E-state index contributed by atoms with van der Waals surface area (Å²) < 4.78 is 16.2. The highest BCUT2D eigenvalue weighted by atomic mass is 16.5. The van der Waals surface area contributed by atoms with Gasteiger partial charge in [0.1, 0.15) is 17.5 Å². The summed E-state index contributed by atoms with van der Waals surface area (Å²) in [4.78, 5) is 19.6. The Morgan fingerprint density at radius 3 is 2.66 bits per heavy atom. The molecule has 0 saturated carbocycles. The molecule has 0 bridgehead atoms. The first kappa shape index (κ1) is 19.0. The van der Waals surface area contributed by atoms with Crippen LogP contribution in [0.15, 0.2) is 47.0 Å². The van der Waals surface area contributed by atoms with Crippen molar-refractivity contribution in [2.45, 2.75) is 25.8 Å². The van der Waals surface area contributed by atoms with E-state index in [1.165, 1.54) is 5.56 Å². The Bertz CT molecular complexity index is 1010. The lowest BCUT2D eigenvalue weighted by Crippen LogP contribution is -2.31. The van der Waals surface area contributed by atoms with E-state index in [-0.39, 0.29) is 11.9 Å². The van der Waals surface area contributed by atoms with E-state index in [0.29, 0.717) is 35.3 Å². The van der Waals surface area contributed by atoms with Crippen LogP contribution >= 0.6 is 0 Å². The molecule has 0 N–H and O–H groups in total. The zero-order valence-corrected chi connectivity index (χ0v) is 16.7. The van der Waals surface area contributed by atoms with Crippen molar-refractivity contribution in [3.63, 3.8) is 0 Å². The van der Waals surface area contributed by atoms with Gasteiger partial charge < -0.3 is 18.9 Å². The molecule has 0 spiro atoms. The number of hydrogen-bond donors (Lipinski definition) is 0. The maximum Gasteiger partial charge on any atom is 0.258 e.